The summed E-state index contributed by atoms with van der Waals surface area (Å²) in [6.45, 7) is 4.42. The number of hydrogen-bond acceptors (Lipinski definition) is 1. The zero-order chi connectivity index (χ0) is 19.3. The highest BCUT2D eigenvalue weighted by Gasteiger charge is 2.34. The normalized spacial score (nSPS) is 15.7. The van der Waals surface area contributed by atoms with Gasteiger partial charge in [0.05, 0.1) is 0 Å². The summed E-state index contributed by atoms with van der Waals surface area (Å²) >= 11 is 11.6. The molecule has 0 aromatic heterocycles. The van der Waals surface area contributed by atoms with Crippen LogP contribution in [-0.4, -0.2) is 10.7 Å². The average Bonchev–Trinajstić information content (AvgIpc) is 3.10. The van der Waals surface area contributed by atoms with E-state index in [1.54, 1.807) is 0 Å². The standard InChI is InChI=1S/C23H29ClN2S/c1-17(2)19-7-11-21(12-8-19)25-22(27)26-23(14-3-4-15-23)16-13-18-5-9-20(24)10-6-18/h5-12,17H,3-4,13-16H2,1-2H3,(H2,25,26,27). The number of nitrogens with one attached hydrogen (secondary N) is 2. The first-order chi connectivity index (χ1) is 13.0. The number of thiocarbonyl (C=S) groups is 1. The van der Waals surface area contributed by atoms with Gasteiger partial charge in [-0.3, -0.25) is 0 Å². The van der Waals surface area contributed by atoms with Crippen molar-refractivity contribution in [2.75, 3.05) is 5.32 Å². The highest BCUT2D eigenvalue weighted by Crippen LogP contribution is 2.34. The van der Waals surface area contributed by atoms with Gasteiger partial charge in [0.15, 0.2) is 5.11 Å². The minimum atomic E-state index is 0.0988. The van der Waals surface area contributed by atoms with Crippen molar-refractivity contribution < 1.29 is 0 Å². The lowest BCUT2D eigenvalue weighted by atomic mass is 9.89. The molecular weight excluding hydrogens is 372 g/mol. The first kappa shape index (κ1) is 20.2. The molecule has 2 aromatic carbocycles. The van der Waals surface area contributed by atoms with Gasteiger partial charge in [0.25, 0.3) is 0 Å². The topological polar surface area (TPSA) is 24.1 Å². The lowest BCUT2D eigenvalue weighted by Crippen LogP contribution is -2.48. The minimum Gasteiger partial charge on any atom is -0.357 e. The predicted octanol–water partition coefficient (Wildman–Crippen LogP) is 6.70. The second-order valence-electron chi connectivity index (χ2n) is 7.97. The van der Waals surface area contributed by atoms with E-state index in [1.807, 2.05) is 12.1 Å². The van der Waals surface area contributed by atoms with Gasteiger partial charge in [-0.1, -0.05) is 62.6 Å². The molecule has 0 bridgehead atoms. The summed E-state index contributed by atoms with van der Waals surface area (Å²) in [4.78, 5) is 0. The number of rotatable bonds is 6. The Morgan fingerprint density at radius 2 is 1.67 bits per heavy atom. The Morgan fingerprint density at radius 3 is 2.26 bits per heavy atom. The van der Waals surface area contributed by atoms with Gasteiger partial charge in [-0.05, 0) is 79.2 Å². The SMILES string of the molecule is CC(C)c1ccc(NC(=S)NC2(CCc3ccc(Cl)cc3)CCCC2)cc1. The molecular formula is C23H29ClN2S. The monoisotopic (exact) mass is 400 g/mol. The van der Waals surface area contributed by atoms with Crippen LogP contribution in [0.15, 0.2) is 48.5 Å². The van der Waals surface area contributed by atoms with E-state index in [-0.39, 0.29) is 5.54 Å². The van der Waals surface area contributed by atoms with Gasteiger partial charge < -0.3 is 10.6 Å². The fourth-order valence-electron chi connectivity index (χ4n) is 3.88. The summed E-state index contributed by atoms with van der Waals surface area (Å²) in [6, 6.07) is 16.7. The summed E-state index contributed by atoms with van der Waals surface area (Å²) in [6.07, 6.45) is 7.00. The number of aryl methyl sites for hydroxylation is 1. The number of anilines is 1. The maximum Gasteiger partial charge on any atom is 0.171 e. The summed E-state index contributed by atoms with van der Waals surface area (Å²) in [5, 5.41) is 8.54. The molecule has 0 spiro atoms. The molecule has 27 heavy (non-hydrogen) atoms. The van der Waals surface area contributed by atoms with Gasteiger partial charge in [-0.15, -0.1) is 0 Å². The molecule has 3 rings (SSSR count). The van der Waals surface area contributed by atoms with E-state index in [9.17, 15) is 0 Å². The second kappa shape index (κ2) is 9.07. The van der Waals surface area contributed by atoms with E-state index in [1.165, 1.54) is 36.8 Å². The fraction of sp³-hybridized carbons (Fsp3) is 0.435. The van der Waals surface area contributed by atoms with E-state index in [2.05, 4.69) is 60.9 Å². The summed E-state index contributed by atoms with van der Waals surface area (Å²) in [5.41, 5.74) is 3.81. The molecule has 2 nitrogen and oxygen atoms in total. The van der Waals surface area contributed by atoms with Crippen LogP contribution in [-0.2, 0) is 6.42 Å². The van der Waals surface area contributed by atoms with Crippen molar-refractivity contribution >= 4 is 34.6 Å². The zero-order valence-electron chi connectivity index (χ0n) is 16.2. The molecule has 0 aliphatic heterocycles. The van der Waals surface area contributed by atoms with Crippen LogP contribution in [0.4, 0.5) is 5.69 Å². The minimum absolute atomic E-state index is 0.0988. The Hall–Kier alpha value is -1.58. The highest BCUT2D eigenvalue weighted by atomic mass is 35.5. The molecule has 1 fully saturated rings. The Morgan fingerprint density at radius 1 is 1.04 bits per heavy atom. The molecule has 1 aliphatic carbocycles. The van der Waals surface area contributed by atoms with Gasteiger partial charge >= 0.3 is 0 Å². The molecule has 0 radical (unpaired) electrons. The van der Waals surface area contributed by atoms with Gasteiger partial charge in [0, 0.05) is 16.2 Å². The molecule has 2 N–H and O–H groups in total. The zero-order valence-corrected chi connectivity index (χ0v) is 17.8. The maximum atomic E-state index is 6.00. The van der Waals surface area contributed by atoms with Crippen LogP contribution in [0, 0.1) is 0 Å². The number of benzene rings is 2. The molecule has 1 aliphatic rings. The van der Waals surface area contributed by atoms with E-state index in [0.29, 0.717) is 5.92 Å². The Kier molecular flexibility index (Phi) is 6.78. The fourth-order valence-corrected chi connectivity index (χ4v) is 4.34. The van der Waals surface area contributed by atoms with Crippen molar-refractivity contribution in [3.63, 3.8) is 0 Å². The van der Waals surface area contributed by atoms with Crippen molar-refractivity contribution in [1.82, 2.24) is 5.32 Å². The average molecular weight is 401 g/mol. The van der Waals surface area contributed by atoms with Gasteiger partial charge in [-0.25, -0.2) is 0 Å². The smallest absolute Gasteiger partial charge is 0.171 e. The third kappa shape index (κ3) is 5.70. The van der Waals surface area contributed by atoms with Gasteiger partial charge in [0.2, 0.25) is 0 Å². The van der Waals surface area contributed by atoms with Crippen LogP contribution < -0.4 is 10.6 Å². The van der Waals surface area contributed by atoms with E-state index in [4.69, 9.17) is 23.8 Å². The Balaban J connectivity index is 1.59. The van der Waals surface area contributed by atoms with Crippen LogP contribution >= 0.6 is 23.8 Å². The third-order valence-corrected chi connectivity index (χ3v) is 6.04. The van der Waals surface area contributed by atoms with Crippen molar-refractivity contribution in [2.24, 2.45) is 0 Å². The summed E-state index contributed by atoms with van der Waals surface area (Å²) < 4.78 is 0. The van der Waals surface area contributed by atoms with Crippen molar-refractivity contribution in [3.05, 3.63) is 64.7 Å². The predicted molar refractivity (Wildman–Crippen MR) is 121 cm³/mol. The maximum absolute atomic E-state index is 6.00. The van der Waals surface area contributed by atoms with Gasteiger partial charge in [-0.2, -0.15) is 0 Å². The molecule has 0 heterocycles. The van der Waals surface area contributed by atoms with Crippen LogP contribution in [0.2, 0.25) is 5.02 Å². The van der Waals surface area contributed by atoms with Crippen molar-refractivity contribution in [2.45, 2.75) is 63.8 Å². The first-order valence-corrected chi connectivity index (χ1v) is 10.7. The second-order valence-corrected chi connectivity index (χ2v) is 8.81. The van der Waals surface area contributed by atoms with E-state index in [0.717, 1.165) is 28.7 Å². The summed E-state index contributed by atoms with van der Waals surface area (Å²) in [7, 11) is 0. The largest absolute Gasteiger partial charge is 0.357 e. The molecule has 0 atom stereocenters. The number of hydrogen-bond donors (Lipinski definition) is 2. The van der Waals surface area contributed by atoms with Crippen molar-refractivity contribution in [1.29, 1.82) is 0 Å². The molecule has 0 saturated heterocycles. The first-order valence-electron chi connectivity index (χ1n) is 9.89. The molecule has 1 saturated carbocycles. The lowest BCUT2D eigenvalue weighted by Gasteiger charge is -2.32. The Labute approximate surface area is 173 Å². The third-order valence-electron chi connectivity index (χ3n) is 5.58. The van der Waals surface area contributed by atoms with Crippen molar-refractivity contribution in [3.8, 4) is 0 Å². The summed E-state index contributed by atoms with van der Waals surface area (Å²) in [5.74, 6) is 0.541. The van der Waals surface area contributed by atoms with Crippen LogP contribution in [0.5, 0.6) is 0 Å². The molecule has 144 valence electrons. The molecule has 0 unspecified atom stereocenters. The highest BCUT2D eigenvalue weighted by molar-refractivity contribution is 7.80. The molecule has 2 aromatic rings. The van der Waals surface area contributed by atoms with E-state index >= 15 is 0 Å². The van der Waals surface area contributed by atoms with Crippen LogP contribution in [0.25, 0.3) is 0 Å². The molecule has 4 heteroatoms. The molecule has 0 amide bonds. The quantitative estimate of drug-likeness (QED) is 0.528. The van der Waals surface area contributed by atoms with Crippen LogP contribution in [0.1, 0.15) is 63.0 Å². The van der Waals surface area contributed by atoms with E-state index < -0.39 is 0 Å². The number of halogens is 1. The van der Waals surface area contributed by atoms with Crippen LogP contribution in [0.3, 0.4) is 0 Å². The lowest BCUT2D eigenvalue weighted by molar-refractivity contribution is 0.362. The van der Waals surface area contributed by atoms with Gasteiger partial charge in [0.1, 0.15) is 0 Å². The Bertz CT molecular complexity index is 747.